The predicted molar refractivity (Wildman–Crippen MR) is 117 cm³/mol. The summed E-state index contributed by atoms with van der Waals surface area (Å²) in [6, 6.07) is 3.74. The molecule has 0 aromatic carbocycles. The maximum Gasteiger partial charge on any atom is 0.252 e. The number of carbonyl (C=O) groups is 2. The summed E-state index contributed by atoms with van der Waals surface area (Å²) >= 11 is 0. The Kier molecular flexibility index (Phi) is 4.55. The van der Waals surface area contributed by atoms with Crippen molar-refractivity contribution in [2.24, 2.45) is 5.73 Å². The third-order valence-electron chi connectivity index (χ3n) is 4.98. The Bertz CT molecular complexity index is 1500. The van der Waals surface area contributed by atoms with Gasteiger partial charge in [-0.2, -0.15) is 5.10 Å². The highest BCUT2D eigenvalue weighted by Gasteiger charge is 2.17. The van der Waals surface area contributed by atoms with Gasteiger partial charge in [0.25, 0.3) is 5.91 Å². The van der Waals surface area contributed by atoms with Gasteiger partial charge in [0.05, 0.1) is 34.5 Å². The summed E-state index contributed by atoms with van der Waals surface area (Å²) in [5.74, 6) is -0.231. The molecule has 0 fully saturated rings. The number of H-pyrrole nitrogens is 2. The Balaban J connectivity index is 1.59. The number of hydrogen-bond acceptors (Lipinski definition) is 7. The minimum Gasteiger partial charge on any atom is -0.365 e. The SMILES string of the molecule is CCC(=O)Nc1cncc(-c2cnc3n[nH]c(-c4nc5c(C(N)=O)cncc5[nH]4)c3c2)c1. The molecule has 0 spiro atoms. The van der Waals surface area contributed by atoms with E-state index in [0.29, 0.717) is 40.3 Å². The van der Waals surface area contributed by atoms with Crippen molar-refractivity contribution >= 4 is 39.6 Å². The summed E-state index contributed by atoms with van der Waals surface area (Å²) < 4.78 is 0. The van der Waals surface area contributed by atoms with Crippen molar-refractivity contribution in [3.05, 3.63) is 48.7 Å². The molecule has 0 saturated carbocycles. The molecule has 0 saturated heterocycles. The van der Waals surface area contributed by atoms with E-state index in [-0.39, 0.29) is 11.5 Å². The van der Waals surface area contributed by atoms with Gasteiger partial charge in [-0.25, -0.2) is 9.97 Å². The molecule has 5 aromatic rings. The number of hydrogen-bond donors (Lipinski definition) is 4. The molecule has 5 N–H and O–H groups in total. The van der Waals surface area contributed by atoms with Crippen LogP contribution in [0.1, 0.15) is 23.7 Å². The molecule has 32 heavy (non-hydrogen) atoms. The molecular formula is C21H17N9O2. The largest absolute Gasteiger partial charge is 0.365 e. The zero-order valence-corrected chi connectivity index (χ0v) is 16.9. The van der Waals surface area contributed by atoms with E-state index in [4.69, 9.17) is 5.73 Å². The van der Waals surface area contributed by atoms with Crippen LogP contribution in [0.4, 0.5) is 5.69 Å². The second-order valence-corrected chi connectivity index (χ2v) is 7.09. The maximum atomic E-state index is 11.7. The van der Waals surface area contributed by atoms with E-state index in [9.17, 15) is 9.59 Å². The Morgan fingerprint density at radius 2 is 1.88 bits per heavy atom. The number of nitrogens with one attached hydrogen (secondary N) is 3. The van der Waals surface area contributed by atoms with E-state index in [2.05, 4.69) is 40.4 Å². The van der Waals surface area contributed by atoms with E-state index in [1.807, 2.05) is 12.1 Å². The first kappa shape index (κ1) is 19.3. The molecule has 0 aliphatic heterocycles. The number of nitrogens with zero attached hydrogens (tertiary/aromatic N) is 5. The second-order valence-electron chi connectivity index (χ2n) is 7.09. The van der Waals surface area contributed by atoms with Crippen LogP contribution in [0, 0.1) is 0 Å². The number of aromatic nitrogens is 7. The lowest BCUT2D eigenvalue weighted by Gasteiger charge is -2.06. The molecule has 0 aliphatic carbocycles. The van der Waals surface area contributed by atoms with Crippen molar-refractivity contribution < 1.29 is 9.59 Å². The third kappa shape index (κ3) is 3.31. The van der Waals surface area contributed by atoms with Crippen LogP contribution < -0.4 is 11.1 Å². The van der Waals surface area contributed by atoms with E-state index in [1.165, 1.54) is 6.20 Å². The molecular weight excluding hydrogens is 410 g/mol. The summed E-state index contributed by atoms with van der Waals surface area (Å²) in [7, 11) is 0. The van der Waals surface area contributed by atoms with E-state index in [0.717, 1.165) is 16.5 Å². The van der Waals surface area contributed by atoms with Crippen LogP contribution in [0.15, 0.2) is 43.1 Å². The van der Waals surface area contributed by atoms with Gasteiger partial charge in [-0.05, 0) is 12.1 Å². The van der Waals surface area contributed by atoms with Crippen molar-refractivity contribution in [2.75, 3.05) is 5.32 Å². The zero-order chi connectivity index (χ0) is 22.2. The van der Waals surface area contributed by atoms with Gasteiger partial charge in [0.2, 0.25) is 5.91 Å². The Morgan fingerprint density at radius 1 is 1.06 bits per heavy atom. The lowest BCUT2D eigenvalue weighted by Crippen LogP contribution is -2.11. The minimum atomic E-state index is -0.609. The van der Waals surface area contributed by atoms with Crippen LogP contribution >= 0.6 is 0 Å². The van der Waals surface area contributed by atoms with E-state index in [1.54, 1.807) is 31.7 Å². The first-order valence-corrected chi connectivity index (χ1v) is 9.76. The first-order chi connectivity index (χ1) is 15.5. The van der Waals surface area contributed by atoms with Gasteiger partial charge < -0.3 is 16.0 Å². The molecule has 158 valence electrons. The number of imidazole rings is 1. The van der Waals surface area contributed by atoms with Crippen LogP contribution in [0.2, 0.25) is 0 Å². The number of fused-ring (bicyclic) bond motifs is 2. The third-order valence-corrected chi connectivity index (χ3v) is 4.98. The van der Waals surface area contributed by atoms with Crippen LogP contribution in [-0.2, 0) is 4.79 Å². The van der Waals surface area contributed by atoms with Crippen molar-refractivity contribution in [3.8, 4) is 22.6 Å². The smallest absolute Gasteiger partial charge is 0.252 e. The molecule has 11 heteroatoms. The summed E-state index contributed by atoms with van der Waals surface area (Å²) in [5.41, 5.74) is 9.94. The minimum absolute atomic E-state index is 0.0932. The number of rotatable bonds is 5. The number of aromatic amines is 2. The highest BCUT2D eigenvalue weighted by molar-refractivity contribution is 6.04. The molecule has 5 aromatic heterocycles. The van der Waals surface area contributed by atoms with Crippen LogP contribution in [0.25, 0.3) is 44.7 Å². The molecule has 0 atom stereocenters. The fourth-order valence-corrected chi connectivity index (χ4v) is 3.39. The molecule has 0 radical (unpaired) electrons. The van der Waals surface area contributed by atoms with Crippen LogP contribution in [-0.4, -0.2) is 46.9 Å². The average Bonchev–Trinajstić information content (AvgIpc) is 3.42. The summed E-state index contributed by atoms with van der Waals surface area (Å²) in [6.45, 7) is 1.78. The normalized spacial score (nSPS) is 11.2. The Hall–Kier alpha value is -4.67. The van der Waals surface area contributed by atoms with Gasteiger partial charge in [-0.15, -0.1) is 0 Å². The molecule has 0 unspecified atom stereocenters. The van der Waals surface area contributed by atoms with E-state index < -0.39 is 5.91 Å². The van der Waals surface area contributed by atoms with Crippen molar-refractivity contribution in [1.82, 2.24) is 35.1 Å². The van der Waals surface area contributed by atoms with Gasteiger partial charge in [0.1, 0.15) is 11.2 Å². The van der Waals surface area contributed by atoms with Crippen LogP contribution in [0.3, 0.4) is 0 Å². The molecule has 5 heterocycles. The summed E-state index contributed by atoms with van der Waals surface area (Å²) in [5, 5.41) is 10.7. The zero-order valence-electron chi connectivity index (χ0n) is 16.9. The van der Waals surface area contributed by atoms with Crippen molar-refractivity contribution in [1.29, 1.82) is 0 Å². The number of anilines is 1. The van der Waals surface area contributed by atoms with Gasteiger partial charge >= 0.3 is 0 Å². The molecule has 0 aliphatic rings. The highest BCUT2D eigenvalue weighted by Crippen LogP contribution is 2.30. The Morgan fingerprint density at radius 3 is 2.69 bits per heavy atom. The molecule has 0 bridgehead atoms. The summed E-state index contributed by atoms with van der Waals surface area (Å²) in [4.78, 5) is 43.8. The predicted octanol–water partition coefficient (Wildman–Crippen LogP) is 2.41. The fraction of sp³-hybridized carbons (Fsp3) is 0.0952. The number of nitrogens with two attached hydrogens (primary N) is 1. The maximum absolute atomic E-state index is 11.7. The number of primary amides is 1. The topological polar surface area (TPSA) is 168 Å². The van der Waals surface area contributed by atoms with Crippen molar-refractivity contribution in [2.45, 2.75) is 13.3 Å². The fourth-order valence-electron chi connectivity index (χ4n) is 3.39. The number of pyridine rings is 3. The van der Waals surface area contributed by atoms with Crippen LogP contribution in [0.5, 0.6) is 0 Å². The van der Waals surface area contributed by atoms with Gasteiger partial charge in [-0.1, -0.05) is 6.92 Å². The lowest BCUT2D eigenvalue weighted by molar-refractivity contribution is -0.115. The van der Waals surface area contributed by atoms with E-state index >= 15 is 0 Å². The highest BCUT2D eigenvalue weighted by atomic mass is 16.1. The van der Waals surface area contributed by atoms with Gasteiger partial charge in [-0.3, -0.25) is 24.7 Å². The summed E-state index contributed by atoms with van der Waals surface area (Å²) in [6.07, 6.45) is 8.30. The first-order valence-electron chi connectivity index (χ1n) is 9.76. The molecule has 2 amide bonds. The molecule has 11 nitrogen and oxygen atoms in total. The Labute approximate surface area is 180 Å². The molecule has 5 rings (SSSR count). The lowest BCUT2D eigenvalue weighted by atomic mass is 10.1. The monoisotopic (exact) mass is 427 g/mol. The number of carbonyl (C=O) groups excluding carboxylic acids is 2. The quantitative estimate of drug-likeness (QED) is 0.334. The van der Waals surface area contributed by atoms with Gasteiger partial charge in [0.15, 0.2) is 11.5 Å². The van der Waals surface area contributed by atoms with Gasteiger partial charge in [0, 0.05) is 36.1 Å². The second kappa shape index (κ2) is 7.54. The van der Waals surface area contributed by atoms with Crippen molar-refractivity contribution in [3.63, 3.8) is 0 Å². The standard InChI is InChI=1S/C21H17N9O2/c1-2-16(31)26-12-3-10(5-23-7-12)11-4-13-18(29-30-20(13)25-6-11)21-27-15-9-24-8-14(19(22)32)17(15)28-21/h3-9H,2H2,1H3,(H2,22,32)(H,26,31)(H,27,28)(H,25,29,30). The number of amides is 2. The average molecular weight is 427 g/mol.